The Morgan fingerprint density at radius 2 is 0.694 bits per heavy atom. The van der Waals surface area contributed by atoms with Crippen molar-refractivity contribution in [1.29, 1.82) is 0 Å². The summed E-state index contributed by atoms with van der Waals surface area (Å²) in [6.07, 6.45) is 5.74. The van der Waals surface area contributed by atoms with Crippen LogP contribution in [0.15, 0.2) is 217 Å². The van der Waals surface area contributed by atoms with Crippen LogP contribution in [0.3, 0.4) is 0 Å². The van der Waals surface area contributed by atoms with E-state index in [9.17, 15) is 9.59 Å². The Labute approximate surface area is 428 Å². The normalized spacial score (nSPS) is 11.0. The second-order valence-corrected chi connectivity index (χ2v) is 19.1. The summed E-state index contributed by atoms with van der Waals surface area (Å²) >= 11 is 3.46. The summed E-state index contributed by atoms with van der Waals surface area (Å²) in [4.78, 5) is 40.3. The average molecular weight is 979 g/mol. The highest BCUT2D eigenvalue weighted by atomic mass is 32.1. The summed E-state index contributed by atoms with van der Waals surface area (Å²) in [6.45, 7) is 0. The maximum atomic E-state index is 11.8. The first-order valence-electron chi connectivity index (χ1n) is 23.7. The van der Waals surface area contributed by atoms with Crippen molar-refractivity contribution < 1.29 is 19.1 Å². The number of nitrogens with zero attached hydrogens (tertiary/aromatic N) is 4. The highest BCUT2D eigenvalue weighted by molar-refractivity contribution is 7.13. The van der Waals surface area contributed by atoms with Crippen LogP contribution < -0.4 is 9.80 Å². The Kier molecular flexibility index (Phi) is 14.5. The lowest BCUT2D eigenvalue weighted by atomic mass is 10.0. The van der Waals surface area contributed by atoms with Crippen LogP contribution in [0.5, 0.6) is 0 Å². The first-order valence-corrected chi connectivity index (χ1v) is 25.5. The zero-order valence-corrected chi connectivity index (χ0v) is 41.5. The van der Waals surface area contributed by atoms with E-state index in [0.717, 1.165) is 78.9 Å². The van der Waals surface area contributed by atoms with E-state index in [1.54, 1.807) is 22.7 Å². The van der Waals surface area contributed by atoms with E-state index < -0.39 is 0 Å². The molecule has 354 valence electrons. The second kappa shape index (κ2) is 22.1. The molecule has 0 amide bonds. The molecule has 4 heterocycles. The monoisotopic (exact) mass is 978 g/mol. The number of carbonyl (C=O) groups excluding carboxylic acids is 2. The van der Waals surface area contributed by atoms with Crippen molar-refractivity contribution in [2.24, 2.45) is 0 Å². The molecule has 0 saturated heterocycles. The lowest BCUT2D eigenvalue weighted by Gasteiger charge is -2.26. The van der Waals surface area contributed by atoms with Gasteiger partial charge in [0.15, 0.2) is 0 Å². The molecule has 0 unspecified atom stereocenters. The largest absolute Gasteiger partial charge is 0.469 e. The number of anilines is 6. The third-order valence-corrected chi connectivity index (χ3v) is 14.5. The first kappa shape index (κ1) is 47.2. The number of thiophene rings is 2. The average Bonchev–Trinajstić information content (AvgIpc) is 4.21. The van der Waals surface area contributed by atoms with Crippen LogP contribution >= 0.6 is 22.7 Å². The number of hydrogen-bond donors (Lipinski definition) is 0. The molecule has 6 aromatic carbocycles. The number of hydrogen-bond acceptors (Lipinski definition) is 10. The van der Waals surface area contributed by atoms with Crippen LogP contribution in [0, 0.1) is 0 Å². The third-order valence-electron chi connectivity index (χ3n) is 12.6. The number of esters is 2. The van der Waals surface area contributed by atoms with Gasteiger partial charge in [-0.1, -0.05) is 97.1 Å². The number of carbonyl (C=O) groups is 2. The van der Waals surface area contributed by atoms with Crippen LogP contribution in [0.1, 0.15) is 24.0 Å². The molecule has 0 spiro atoms. The van der Waals surface area contributed by atoms with Crippen LogP contribution in [0.25, 0.3) is 54.5 Å². The van der Waals surface area contributed by atoms with Gasteiger partial charge in [-0.25, -0.2) is 0 Å². The number of aryl methyl sites for hydroxylation is 2. The fraction of sp³-hybridized carbons (Fsp3) is 0.0968. The van der Waals surface area contributed by atoms with E-state index in [-0.39, 0.29) is 11.9 Å². The maximum Gasteiger partial charge on any atom is 0.305 e. The molecule has 72 heavy (non-hydrogen) atoms. The summed E-state index contributed by atoms with van der Waals surface area (Å²) in [5, 5.41) is 4.20. The van der Waals surface area contributed by atoms with Crippen molar-refractivity contribution in [3.8, 4) is 54.5 Å². The fourth-order valence-electron chi connectivity index (χ4n) is 8.69. The van der Waals surface area contributed by atoms with Crippen molar-refractivity contribution in [2.75, 3.05) is 24.0 Å². The first-order chi connectivity index (χ1) is 35.4. The van der Waals surface area contributed by atoms with Gasteiger partial charge in [-0.3, -0.25) is 19.6 Å². The Balaban J connectivity index is 0.844. The molecule has 0 aliphatic heterocycles. The lowest BCUT2D eigenvalue weighted by Crippen LogP contribution is -2.10. The minimum atomic E-state index is -0.214. The number of aromatic nitrogens is 2. The van der Waals surface area contributed by atoms with Gasteiger partial charge in [0, 0.05) is 80.2 Å². The van der Waals surface area contributed by atoms with Gasteiger partial charge in [0.25, 0.3) is 0 Å². The van der Waals surface area contributed by atoms with Gasteiger partial charge in [-0.2, -0.15) is 0 Å². The molecule has 0 atom stereocenters. The standard InChI is InChI=1S/C62H50N4O4S2/c1-69-61(67)37-11-43-7-23-51(24-8-43)65(55-31-17-47(18-32-55)59-5-3-39-71-59)53-27-13-45(14-28-53)49-21-35-57(63-41-49)58-36-22-50(42-64-58)46-15-29-54(30-16-46)66(52-25-9-44(10-26-52)12-38-62(68)70-2)56-33-19-48(20-34-56)60-6-4-40-72-60/h3-10,13-36,39-42H,11-12,37-38H2,1-2H3. The number of benzene rings is 6. The van der Waals surface area contributed by atoms with Crippen molar-refractivity contribution >= 4 is 68.7 Å². The van der Waals surface area contributed by atoms with Crippen LogP contribution in [-0.4, -0.2) is 36.1 Å². The predicted octanol–water partition coefficient (Wildman–Crippen LogP) is 16.1. The smallest absolute Gasteiger partial charge is 0.305 e. The molecule has 0 radical (unpaired) electrons. The Morgan fingerprint density at radius 1 is 0.389 bits per heavy atom. The molecule has 0 aliphatic rings. The second-order valence-electron chi connectivity index (χ2n) is 17.2. The quantitative estimate of drug-likeness (QED) is 0.0834. The van der Waals surface area contributed by atoms with Gasteiger partial charge < -0.3 is 19.3 Å². The topological polar surface area (TPSA) is 84.9 Å². The molecule has 8 nitrogen and oxygen atoms in total. The molecule has 0 fully saturated rings. The van der Waals surface area contributed by atoms with Gasteiger partial charge in [0.2, 0.25) is 0 Å². The van der Waals surface area contributed by atoms with Crippen molar-refractivity contribution in [3.05, 3.63) is 228 Å². The SMILES string of the molecule is COC(=O)CCc1ccc(N(c2ccc(-c3ccc(-c4ccc(-c5ccc(N(c6ccc(CCC(=O)OC)cc6)c6ccc(-c7cccs7)cc6)cc5)cn4)nc3)cc2)c2ccc(-c3cccs3)cc2)cc1. The molecule has 0 saturated carbocycles. The van der Waals surface area contributed by atoms with E-state index in [2.05, 4.69) is 203 Å². The van der Waals surface area contributed by atoms with Gasteiger partial charge in [0.1, 0.15) is 0 Å². The molecule has 0 aliphatic carbocycles. The van der Waals surface area contributed by atoms with Crippen LogP contribution in [0.2, 0.25) is 0 Å². The summed E-state index contributed by atoms with van der Waals surface area (Å²) in [5.74, 6) is -0.429. The highest BCUT2D eigenvalue weighted by Crippen LogP contribution is 2.40. The van der Waals surface area contributed by atoms with Crippen molar-refractivity contribution in [3.63, 3.8) is 0 Å². The van der Waals surface area contributed by atoms with Crippen molar-refractivity contribution in [2.45, 2.75) is 25.7 Å². The third kappa shape index (κ3) is 11.0. The van der Waals surface area contributed by atoms with Crippen molar-refractivity contribution in [1.82, 2.24) is 9.97 Å². The van der Waals surface area contributed by atoms with Gasteiger partial charge in [-0.05, 0) is 154 Å². The molecule has 10 aromatic rings. The van der Waals surface area contributed by atoms with Gasteiger partial charge >= 0.3 is 11.9 Å². The number of rotatable bonds is 17. The fourth-order valence-corrected chi connectivity index (χ4v) is 10.2. The number of methoxy groups -OCH3 is 2. The van der Waals surface area contributed by atoms with E-state index >= 15 is 0 Å². The van der Waals surface area contributed by atoms with Crippen LogP contribution in [-0.2, 0) is 31.9 Å². The molecular formula is C62H50N4O4S2. The number of pyridine rings is 2. The van der Waals surface area contributed by atoms with Gasteiger partial charge in [-0.15, -0.1) is 22.7 Å². The molecular weight excluding hydrogens is 929 g/mol. The Morgan fingerprint density at radius 3 is 0.972 bits per heavy atom. The summed E-state index contributed by atoms with van der Waals surface area (Å²) < 4.78 is 9.71. The summed E-state index contributed by atoms with van der Waals surface area (Å²) in [5.41, 5.74) is 16.4. The molecule has 0 bridgehead atoms. The van der Waals surface area contributed by atoms with E-state index in [1.807, 2.05) is 24.5 Å². The zero-order chi connectivity index (χ0) is 49.2. The predicted molar refractivity (Wildman–Crippen MR) is 295 cm³/mol. The Bertz CT molecular complexity index is 3110. The minimum Gasteiger partial charge on any atom is -0.469 e. The molecule has 10 heteroatoms. The maximum absolute atomic E-state index is 11.8. The molecule has 4 aromatic heterocycles. The summed E-state index contributed by atoms with van der Waals surface area (Å²) in [7, 11) is 2.84. The summed E-state index contributed by atoms with van der Waals surface area (Å²) in [6, 6.07) is 67.8. The molecule has 0 N–H and O–H groups in total. The highest BCUT2D eigenvalue weighted by Gasteiger charge is 2.17. The van der Waals surface area contributed by atoms with Crippen LogP contribution in [0.4, 0.5) is 34.1 Å². The van der Waals surface area contributed by atoms with E-state index in [1.165, 1.54) is 35.1 Å². The number of ether oxygens (including phenoxy) is 2. The zero-order valence-electron chi connectivity index (χ0n) is 39.9. The van der Waals surface area contributed by atoms with E-state index in [4.69, 9.17) is 19.4 Å². The van der Waals surface area contributed by atoms with Gasteiger partial charge in [0.05, 0.1) is 25.6 Å². The lowest BCUT2D eigenvalue weighted by molar-refractivity contribution is -0.141. The molecule has 10 rings (SSSR count). The van der Waals surface area contributed by atoms with E-state index in [0.29, 0.717) is 25.7 Å². The Hall–Kier alpha value is -8.44. The minimum absolute atomic E-state index is 0.214.